The van der Waals surface area contributed by atoms with E-state index < -0.39 is 0 Å². The highest BCUT2D eigenvalue weighted by molar-refractivity contribution is 6.18. The van der Waals surface area contributed by atoms with Gasteiger partial charge in [0.25, 0.3) is 0 Å². The first kappa shape index (κ1) is 24.5. The van der Waals surface area contributed by atoms with Gasteiger partial charge in [0.2, 0.25) is 0 Å². The van der Waals surface area contributed by atoms with Gasteiger partial charge in [0.05, 0.1) is 0 Å². The molecular formula is C44H26O. The van der Waals surface area contributed by atoms with E-state index in [0.717, 1.165) is 16.5 Å². The van der Waals surface area contributed by atoms with Crippen LogP contribution in [0.25, 0.3) is 97.3 Å². The van der Waals surface area contributed by atoms with Crippen molar-refractivity contribution in [2.45, 2.75) is 0 Å². The first-order chi connectivity index (χ1) is 22.1. The Hall–Kier alpha value is -5.92. The van der Waals surface area contributed by atoms with Crippen LogP contribution in [0.1, 0.15) is 0 Å². The average molecular weight is 571 g/mol. The zero-order valence-electron chi connectivity index (χ0n) is 24.4. The summed E-state index contributed by atoms with van der Waals surface area (Å²) in [4.78, 5) is 0. The Labute approximate surface area is 259 Å². The highest BCUT2D eigenvalue weighted by atomic mass is 16.3. The molecule has 0 aliphatic heterocycles. The first-order valence-corrected chi connectivity index (χ1v) is 15.5. The van der Waals surface area contributed by atoms with Crippen molar-refractivity contribution >= 4 is 86.2 Å². The van der Waals surface area contributed by atoms with E-state index in [0.29, 0.717) is 5.75 Å². The smallest absolute Gasteiger partial charge is 0.123 e. The van der Waals surface area contributed by atoms with Crippen LogP contribution in [0.15, 0.2) is 152 Å². The fourth-order valence-electron chi connectivity index (χ4n) is 7.47. The van der Waals surface area contributed by atoms with Gasteiger partial charge in [-0.3, -0.25) is 0 Å². The van der Waals surface area contributed by atoms with Crippen molar-refractivity contribution < 1.29 is 5.11 Å². The molecule has 0 saturated heterocycles. The maximum absolute atomic E-state index is 10.6. The van der Waals surface area contributed by atoms with Gasteiger partial charge in [-0.15, -0.1) is 0 Å². The van der Waals surface area contributed by atoms with Crippen molar-refractivity contribution in [2.75, 3.05) is 0 Å². The second kappa shape index (κ2) is 9.05. The maximum atomic E-state index is 10.6. The second-order valence-electron chi connectivity index (χ2n) is 12.4. The molecule has 0 bridgehead atoms. The fourth-order valence-corrected chi connectivity index (χ4v) is 7.47. The molecule has 0 saturated carbocycles. The quantitative estimate of drug-likeness (QED) is 0.154. The third-order valence-electron chi connectivity index (χ3n) is 9.72. The van der Waals surface area contributed by atoms with Crippen LogP contribution in [0.3, 0.4) is 0 Å². The van der Waals surface area contributed by atoms with Crippen molar-refractivity contribution in [3.63, 3.8) is 0 Å². The third kappa shape index (κ3) is 3.74. The van der Waals surface area contributed by atoms with Gasteiger partial charge in [-0.1, -0.05) is 72.8 Å². The molecule has 1 nitrogen and oxygen atoms in total. The molecule has 0 aliphatic rings. The number of fused-ring (bicyclic) bond motifs is 9. The third-order valence-corrected chi connectivity index (χ3v) is 9.72. The van der Waals surface area contributed by atoms with Gasteiger partial charge < -0.3 is 5.11 Å². The number of para-hydroxylation sites is 1. The maximum Gasteiger partial charge on any atom is 0.123 e. The number of benzene rings is 10. The largest absolute Gasteiger partial charge is 0.507 e. The number of rotatable bonds is 1. The van der Waals surface area contributed by atoms with Crippen LogP contribution in [0.5, 0.6) is 5.75 Å². The average Bonchev–Trinajstić information content (AvgIpc) is 3.06. The van der Waals surface area contributed by atoms with Gasteiger partial charge in [0, 0.05) is 5.56 Å². The fraction of sp³-hybridized carbons (Fsp3) is 0. The molecule has 0 atom stereocenters. The lowest BCUT2D eigenvalue weighted by atomic mass is 9.92. The van der Waals surface area contributed by atoms with Gasteiger partial charge >= 0.3 is 0 Å². The summed E-state index contributed by atoms with van der Waals surface area (Å²) in [7, 11) is 0. The topological polar surface area (TPSA) is 20.2 Å². The normalized spacial score (nSPS) is 12.1. The van der Waals surface area contributed by atoms with Crippen molar-refractivity contribution in [3.05, 3.63) is 152 Å². The lowest BCUT2D eigenvalue weighted by Gasteiger charge is -2.12. The molecule has 10 rings (SSSR count). The molecule has 208 valence electrons. The molecule has 0 aromatic heterocycles. The summed E-state index contributed by atoms with van der Waals surface area (Å²) >= 11 is 0. The van der Waals surface area contributed by atoms with E-state index in [1.54, 1.807) is 6.07 Å². The Morgan fingerprint density at radius 1 is 0.244 bits per heavy atom. The monoisotopic (exact) mass is 570 g/mol. The molecule has 0 unspecified atom stereocenters. The van der Waals surface area contributed by atoms with Crippen LogP contribution in [0, 0.1) is 0 Å². The predicted molar refractivity (Wildman–Crippen MR) is 194 cm³/mol. The summed E-state index contributed by atoms with van der Waals surface area (Å²) in [5.74, 6) is 0.302. The predicted octanol–water partition coefficient (Wildman–Crippen LogP) is 12.3. The zero-order valence-corrected chi connectivity index (χ0v) is 24.4. The van der Waals surface area contributed by atoms with E-state index in [1.165, 1.54) is 80.8 Å². The molecule has 1 N–H and O–H groups in total. The minimum absolute atomic E-state index is 0.302. The van der Waals surface area contributed by atoms with Gasteiger partial charge in [-0.2, -0.15) is 0 Å². The molecular weight excluding hydrogens is 544 g/mol. The molecule has 0 amide bonds. The Morgan fingerprint density at radius 3 is 1.13 bits per heavy atom. The van der Waals surface area contributed by atoms with Crippen LogP contribution in [-0.2, 0) is 0 Å². The number of hydrogen-bond donors (Lipinski definition) is 1. The van der Waals surface area contributed by atoms with E-state index in [9.17, 15) is 5.11 Å². The number of aromatic hydroxyl groups is 1. The summed E-state index contributed by atoms with van der Waals surface area (Å²) in [5.41, 5.74) is 1.90. The first-order valence-electron chi connectivity index (χ1n) is 15.5. The Morgan fingerprint density at radius 2 is 0.600 bits per heavy atom. The van der Waals surface area contributed by atoms with Gasteiger partial charge in [0.1, 0.15) is 5.75 Å². The SMILES string of the molecule is Oc1ccccc1-c1cccc2cc3cc4cc5ccc6cc7cc8cc9ccccc9cc8cc7cc6c5cc4cc3cc12. The Kier molecular flexibility index (Phi) is 4.93. The molecule has 10 aromatic carbocycles. The highest BCUT2D eigenvalue weighted by Gasteiger charge is 2.11. The molecule has 10 aromatic rings. The van der Waals surface area contributed by atoms with Crippen LogP contribution < -0.4 is 0 Å². The van der Waals surface area contributed by atoms with E-state index in [2.05, 4.69) is 127 Å². The van der Waals surface area contributed by atoms with E-state index in [1.807, 2.05) is 18.2 Å². The van der Waals surface area contributed by atoms with Gasteiger partial charge in [0.15, 0.2) is 0 Å². The summed E-state index contributed by atoms with van der Waals surface area (Å²) < 4.78 is 0. The van der Waals surface area contributed by atoms with Crippen molar-refractivity contribution in [2.24, 2.45) is 0 Å². The summed E-state index contributed by atoms with van der Waals surface area (Å²) in [6.07, 6.45) is 0. The Balaban J connectivity index is 1.20. The molecule has 1 heteroatoms. The number of phenols is 1. The van der Waals surface area contributed by atoms with E-state index in [-0.39, 0.29) is 0 Å². The molecule has 0 fully saturated rings. The number of phenolic OH excluding ortho intramolecular Hbond substituents is 1. The minimum atomic E-state index is 0.302. The highest BCUT2D eigenvalue weighted by Crippen LogP contribution is 2.39. The molecule has 0 radical (unpaired) electrons. The van der Waals surface area contributed by atoms with Crippen LogP contribution in [-0.4, -0.2) is 5.11 Å². The molecule has 45 heavy (non-hydrogen) atoms. The van der Waals surface area contributed by atoms with Gasteiger partial charge in [-0.05, 0) is 171 Å². The van der Waals surface area contributed by atoms with Gasteiger partial charge in [-0.25, -0.2) is 0 Å². The van der Waals surface area contributed by atoms with Crippen molar-refractivity contribution in [1.29, 1.82) is 0 Å². The molecule has 0 heterocycles. The van der Waals surface area contributed by atoms with Crippen LogP contribution in [0.2, 0.25) is 0 Å². The second-order valence-corrected chi connectivity index (χ2v) is 12.4. The lowest BCUT2D eigenvalue weighted by molar-refractivity contribution is 0.477. The number of hydrogen-bond acceptors (Lipinski definition) is 1. The minimum Gasteiger partial charge on any atom is -0.507 e. The standard InChI is InChI=1S/C44H26O/c45-44-11-4-3-9-40(44)39-10-5-8-28-16-33-20-35-18-30-13-12-29-17-34-19-31-14-26-6-1-2-7-27(26)15-32(31)21-36(34)24-42(29)43(30)25-38(35)22-37(33)23-41(28)39/h1-25,45H. The lowest BCUT2D eigenvalue weighted by Crippen LogP contribution is -1.85. The van der Waals surface area contributed by atoms with Crippen molar-refractivity contribution in [1.82, 2.24) is 0 Å². The molecule has 0 aliphatic carbocycles. The van der Waals surface area contributed by atoms with E-state index in [4.69, 9.17) is 0 Å². The molecule has 0 spiro atoms. The zero-order chi connectivity index (χ0) is 29.6. The summed E-state index contributed by atoms with van der Waals surface area (Å²) in [5, 5.41) is 30.5. The van der Waals surface area contributed by atoms with E-state index >= 15 is 0 Å². The van der Waals surface area contributed by atoms with Crippen LogP contribution in [0.4, 0.5) is 0 Å². The Bertz CT molecular complexity index is 2880. The summed E-state index contributed by atoms with van der Waals surface area (Å²) in [6.45, 7) is 0. The van der Waals surface area contributed by atoms with Crippen molar-refractivity contribution in [3.8, 4) is 16.9 Å². The van der Waals surface area contributed by atoms with Crippen LogP contribution >= 0.6 is 0 Å². The summed E-state index contributed by atoms with van der Waals surface area (Å²) in [6, 6.07) is 55.0.